The van der Waals surface area contributed by atoms with E-state index in [1.807, 2.05) is 32.9 Å². The molecular formula is C20H31N3O2. The van der Waals surface area contributed by atoms with Crippen LogP contribution >= 0.6 is 0 Å². The minimum atomic E-state index is -0.0875. The van der Waals surface area contributed by atoms with Gasteiger partial charge in [0.1, 0.15) is 0 Å². The first kappa shape index (κ1) is 19.4. The van der Waals surface area contributed by atoms with Crippen LogP contribution in [0, 0.1) is 18.8 Å². The van der Waals surface area contributed by atoms with E-state index in [1.54, 1.807) is 6.07 Å². The highest BCUT2D eigenvalue weighted by atomic mass is 16.2. The molecule has 0 bridgehead atoms. The van der Waals surface area contributed by atoms with Crippen molar-refractivity contribution in [3.8, 4) is 0 Å². The summed E-state index contributed by atoms with van der Waals surface area (Å²) < 4.78 is 0. The molecular weight excluding hydrogens is 314 g/mol. The summed E-state index contributed by atoms with van der Waals surface area (Å²) >= 11 is 0. The highest BCUT2D eigenvalue weighted by molar-refractivity contribution is 5.96. The number of amides is 2. The van der Waals surface area contributed by atoms with Crippen molar-refractivity contribution in [3.05, 3.63) is 29.3 Å². The van der Waals surface area contributed by atoms with Gasteiger partial charge in [0.15, 0.2) is 0 Å². The van der Waals surface area contributed by atoms with Gasteiger partial charge in [0.05, 0.1) is 0 Å². The highest BCUT2D eigenvalue weighted by Crippen LogP contribution is 2.25. The number of benzene rings is 1. The summed E-state index contributed by atoms with van der Waals surface area (Å²) in [5.74, 6) is 0.970. The first-order valence-electron chi connectivity index (χ1n) is 9.29. The summed E-state index contributed by atoms with van der Waals surface area (Å²) in [7, 11) is 0. The van der Waals surface area contributed by atoms with Crippen molar-refractivity contribution in [1.29, 1.82) is 0 Å². The van der Waals surface area contributed by atoms with Gasteiger partial charge in [-0.05, 0) is 82.3 Å². The number of hydrogen-bond donors (Lipinski definition) is 3. The van der Waals surface area contributed by atoms with E-state index >= 15 is 0 Å². The van der Waals surface area contributed by atoms with Crippen molar-refractivity contribution in [2.24, 2.45) is 11.8 Å². The van der Waals surface area contributed by atoms with Crippen LogP contribution in [-0.4, -0.2) is 30.9 Å². The molecule has 1 aliphatic heterocycles. The van der Waals surface area contributed by atoms with E-state index in [9.17, 15) is 9.59 Å². The average molecular weight is 345 g/mol. The molecule has 3 N–H and O–H groups in total. The zero-order valence-corrected chi connectivity index (χ0v) is 15.8. The topological polar surface area (TPSA) is 70.2 Å². The number of carbonyl (C=O) groups is 2. The van der Waals surface area contributed by atoms with E-state index < -0.39 is 0 Å². The molecule has 0 radical (unpaired) electrons. The molecule has 1 aromatic rings. The van der Waals surface area contributed by atoms with E-state index in [2.05, 4.69) is 22.9 Å². The minimum absolute atomic E-state index is 0.0496. The third-order valence-corrected chi connectivity index (χ3v) is 4.88. The fourth-order valence-corrected chi connectivity index (χ4v) is 3.36. The second-order valence-corrected chi connectivity index (χ2v) is 7.47. The predicted octanol–water partition coefficient (Wildman–Crippen LogP) is 3.10. The molecule has 1 aromatic carbocycles. The number of rotatable bonds is 6. The van der Waals surface area contributed by atoms with Gasteiger partial charge in [0, 0.05) is 23.7 Å². The van der Waals surface area contributed by atoms with Gasteiger partial charge in [-0.2, -0.15) is 0 Å². The first-order valence-corrected chi connectivity index (χ1v) is 9.29. The highest BCUT2D eigenvalue weighted by Gasteiger charge is 2.22. The van der Waals surface area contributed by atoms with E-state index in [0.717, 1.165) is 37.2 Å². The fourth-order valence-electron chi connectivity index (χ4n) is 3.36. The van der Waals surface area contributed by atoms with Crippen molar-refractivity contribution >= 4 is 17.5 Å². The van der Waals surface area contributed by atoms with Crippen LogP contribution in [0.25, 0.3) is 0 Å². The molecule has 0 aliphatic carbocycles. The van der Waals surface area contributed by atoms with Gasteiger partial charge < -0.3 is 16.0 Å². The number of carbonyl (C=O) groups excluding carboxylic acids is 2. The quantitative estimate of drug-likeness (QED) is 0.742. The monoisotopic (exact) mass is 345 g/mol. The van der Waals surface area contributed by atoms with Crippen molar-refractivity contribution in [3.63, 3.8) is 0 Å². The Bertz CT molecular complexity index is 607. The molecule has 5 heteroatoms. The second kappa shape index (κ2) is 8.99. The summed E-state index contributed by atoms with van der Waals surface area (Å²) in [4.78, 5) is 24.4. The van der Waals surface area contributed by atoms with Crippen molar-refractivity contribution in [1.82, 2.24) is 10.6 Å². The average Bonchev–Trinajstić information content (AvgIpc) is 2.56. The molecule has 0 spiro atoms. The second-order valence-electron chi connectivity index (χ2n) is 7.47. The van der Waals surface area contributed by atoms with Gasteiger partial charge in [0.2, 0.25) is 5.91 Å². The van der Waals surface area contributed by atoms with Crippen LogP contribution in [0.4, 0.5) is 5.69 Å². The van der Waals surface area contributed by atoms with Crippen LogP contribution in [0.3, 0.4) is 0 Å². The largest absolute Gasteiger partial charge is 0.350 e. The number of anilines is 1. The Morgan fingerprint density at radius 1 is 1.20 bits per heavy atom. The minimum Gasteiger partial charge on any atom is -0.350 e. The Hall–Kier alpha value is -1.88. The van der Waals surface area contributed by atoms with Gasteiger partial charge in [-0.25, -0.2) is 0 Å². The van der Waals surface area contributed by atoms with E-state index in [0.29, 0.717) is 23.8 Å². The zero-order chi connectivity index (χ0) is 18.4. The maximum absolute atomic E-state index is 12.4. The van der Waals surface area contributed by atoms with Gasteiger partial charge >= 0.3 is 0 Å². The van der Waals surface area contributed by atoms with Crippen LogP contribution in [0.2, 0.25) is 0 Å². The summed E-state index contributed by atoms with van der Waals surface area (Å²) in [6.45, 7) is 10.1. The molecule has 1 aliphatic rings. The lowest BCUT2D eigenvalue weighted by molar-refractivity contribution is -0.117. The lowest BCUT2D eigenvalue weighted by Crippen LogP contribution is -2.32. The number of piperidine rings is 1. The number of aryl methyl sites for hydroxylation is 1. The normalized spacial score (nSPS) is 16.5. The molecule has 25 heavy (non-hydrogen) atoms. The van der Waals surface area contributed by atoms with E-state index in [1.165, 1.54) is 0 Å². The third-order valence-electron chi connectivity index (χ3n) is 4.88. The van der Waals surface area contributed by atoms with E-state index in [4.69, 9.17) is 0 Å². The summed E-state index contributed by atoms with van der Waals surface area (Å²) in [5, 5.41) is 9.24. The Kier molecular flexibility index (Phi) is 7.00. The lowest BCUT2D eigenvalue weighted by Gasteiger charge is -2.28. The van der Waals surface area contributed by atoms with Crippen LogP contribution in [0.1, 0.15) is 56.0 Å². The SMILES string of the molecule is Cc1cc(C(=O)NC(C)C)ccc1NC(=O)CC(C)C1CCNCC1. The lowest BCUT2D eigenvalue weighted by atomic mass is 9.84. The molecule has 2 amide bonds. The molecule has 0 saturated carbocycles. The van der Waals surface area contributed by atoms with Crippen LogP contribution in [0.5, 0.6) is 0 Å². The Morgan fingerprint density at radius 2 is 1.88 bits per heavy atom. The smallest absolute Gasteiger partial charge is 0.251 e. The molecule has 1 atom stereocenters. The molecule has 1 fully saturated rings. The van der Waals surface area contributed by atoms with Crippen molar-refractivity contribution in [2.75, 3.05) is 18.4 Å². The first-order chi connectivity index (χ1) is 11.9. The summed E-state index contributed by atoms with van der Waals surface area (Å²) in [5.41, 5.74) is 2.30. The molecule has 2 rings (SSSR count). The molecule has 1 unspecified atom stereocenters. The molecule has 1 saturated heterocycles. The maximum Gasteiger partial charge on any atom is 0.251 e. The van der Waals surface area contributed by atoms with Crippen LogP contribution in [0.15, 0.2) is 18.2 Å². The van der Waals surface area contributed by atoms with Crippen molar-refractivity contribution < 1.29 is 9.59 Å². The summed E-state index contributed by atoms with van der Waals surface area (Å²) in [6, 6.07) is 5.50. The van der Waals surface area contributed by atoms with Crippen LogP contribution < -0.4 is 16.0 Å². The molecule has 0 aromatic heterocycles. The fraction of sp³-hybridized carbons (Fsp3) is 0.600. The van der Waals surface area contributed by atoms with Gasteiger partial charge in [-0.3, -0.25) is 9.59 Å². The molecule has 5 nitrogen and oxygen atoms in total. The third kappa shape index (κ3) is 5.85. The van der Waals surface area contributed by atoms with E-state index in [-0.39, 0.29) is 17.9 Å². The standard InChI is InChI=1S/C20H31N3O2/c1-13(2)22-20(25)17-5-6-18(15(4)11-17)23-19(24)12-14(3)16-7-9-21-10-8-16/h5-6,11,13-14,16,21H,7-10,12H2,1-4H3,(H,22,25)(H,23,24). The Labute approximate surface area is 151 Å². The van der Waals surface area contributed by atoms with Crippen molar-refractivity contribution in [2.45, 2.75) is 53.0 Å². The van der Waals surface area contributed by atoms with Gasteiger partial charge in [-0.15, -0.1) is 0 Å². The Morgan fingerprint density at radius 3 is 2.48 bits per heavy atom. The maximum atomic E-state index is 12.4. The van der Waals surface area contributed by atoms with Gasteiger partial charge in [0.25, 0.3) is 5.91 Å². The number of hydrogen-bond acceptors (Lipinski definition) is 3. The van der Waals surface area contributed by atoms with Gasteiger partial charge in [-0.1, -0.05) is 6.92 Å². The predicted molar refractivity (Wildman–Crippen MR) is 102 cm³/mol. The Balaban J connectivity index is 1.92. The van der Waals surface area contributed by atoms with Crippen LogP contribution in [-0.2, 0) is 4.79 Å². The summed E-state index contributed by atoms with van der Waals surface area (Å²) in [6.07, 6.45) is 2.83. The zero-order valence-electron chi connectivity index (χ0n) is 15.8. The molecule has 138 valence electrons. The molecule has 1 heterocycles. The number of nitrogens with one attached hydrogen (secondary N) is 3.